The zero-order valence-electron chi connectivity index (χ0n) is 8.85. The molecule has 4 nitrogen and oxygen atoms in total. The number of nitrogens with zero attached hydrogens (tertiary/aromatic N) is 3. The molecule has 7 heteroatoms. The van der Waals surface area contributed by atoms with E-state index < -0.39 is 18.2 Å². The number of piperidine rings is 1. The third kappa shape index (κ3) is 1.60. The zero-order chi connectivity index (χ0) is 12.2. The van der Waals surface area contributed by atoms with Crippen molar-refractivity contribution < 1.29 is 13.2 Å². The van der Waals surface area contributed by atoms with Gasteiger partial charge in [-0.3, -0.25) is 0 Å². The average molecular weight is 244 g/mol. The van der Waals surface area contributed by atoms with Crippen molar-refractivity contribution in [3.05, 3.63) is 12.0 Å². The smallest absolute Gasteiger partial charge is 0.242 e. The van der Waals surface area contributed by atoms with Crippen molar-refractivity contribution in [2.24, 2.45) is 17.8 Å². The summed E-state index contributed by atoms with van der Waals surface area (Å²) in [4.78, 5) is 9.41. The van der Waals surface area contributed by atoms with Crippen molar-refractivity contribution in [1.82, 2.24) is 9.97 Å². The van der Waals surface area contributed by atoms with Crippen LogP contribution in [0.3, 0.4) is 0 Å². The predicted octanol–water partition coefficient (Wildman–Crippen LogP) is 1.15. The number of hydrogen-bond acceptors (Lipinski definition) is 4. The molecular formula is C10H11F3N4. The zero-order valence-corrected chi connectivity index (χ0v) is 8.85. The van der Waals surface area contributed by atoms with E-state index in [0.717, 1.165) is 6.20 Å². The van der Waals surface area contributed by atoms with Crippen LogP contribution in [0.5, 0.6) is 0 Å². The van der Waals surface area contributed by atoms with Crippen LogP contribution in [-0.4, -0.2) is 29.5 Å². The van der Waals surface area contributed by atoms with Crippen LogP contribution in [0.2, 0.25) is 0 Å². The van der Waals surface area contributed by atoms with Crippen molar-refractivity contribution in [3.8, 4) is 0 Å². The van der Waals surface area contributed by atoms with Crippen molar-refractivity contribution in [2.45, 2.75) is 6.43 Å². The van der Waals surface area contributed by atoms with Crippen LogP contribution < -0.4 is 10.6 Å². The normalized spacial score (nSPS) is 30.8. The van der Waals surface area contributed by atoms with Crippen LogP contribution >= 0.6 is 0 Å². The van der Waals surface area contributed by atoms with Gasteiger partial charge in [0.15, 0.2) is 11.6 Å². The van der Waals surface area contributed by atoms with Crippen molar-refractivity contribution in [2.75, 3.05) is 23.7 Å². The fourth-order valence-electron chi connectivity index (χ4n) is 2.63. The summed E-state index contributed by atoms with van der Waals surface area (Å²) in [6, 6.07) is 0. The molecule has 1 aliphatic carbocycles. The first kappa shape index (κ1) is 10.6. The van der Waals surface area contributed by atoms with Crippen molar-refractivity contribution in [3.63, 3.8) is 0 Å². The Labute approximate surface area is 95.6 Å². The van der Waals surface area contributed by atoms with E-state index in [1.54, 1.807) is 4.90 Å². The van der Waals surface area contributed by atoms with E-state index in [2.05, 4.69) is 9.97 Å². The lowest BCUT2D eigenvalue weighted by molar-refractivity contribution is 0.109. The maximum absolute atomic E-state index is 12.9. The maximum Gasteiger partial charge on any atom is 0.242 e. The maximum atomic E-state index is 12.9. The number of fused-ring (bicyclic) bond motifs is 1. The summed E-state index contributed by atoms with van der Waals surface area (Å²) in [7, 11) is 0. The Kier molecular flexibility index (Phi) is 2.17. The quantitative estimate of drug-likeness (QED) is 0.847. The van der Waals surface area contributed by atoms with E-state index in [4.69, 9.17) is 5.73 Å². The molecule has 2 aliphatic rings. The molecule has 1 aromatic rings. The Morgan fingerprint density at radius 3 is 2.53 bits per heavy atom. The van der Waals surface area contributed by atoms with Crippen LogP contribution in [0, 0.1) is 23.6 Å². The topological polar surface area (TPSA) is 55.0 Å². The number of nitrogens with two attached hydrogens (primary N) is 1. The summed E-state index contributed by atoms with van der Waals surface area (Å²) in [6.07, 6.45) is -1.24. The van der Waals surface area contributed by atoms with Gasteiger partial charge in [-0.1, -0.05) is 0 Å². The standard InChI is InChI=1S/C10H11F3N4/c11-6-1-15-10(16-9(6)14)17-2-4-5(3-17)7(4)8(12)13/h1,4-5,7-8H,2-3H2,(H2,14,15,16)/t4-,5+,7?. The molecule has 2 heterocycles. The second-order valence-electron chi connectivity index (χ2n) is 4.55. The van der Waals surface area contributed by atoms with E-state index >= 15 is 0 Å². The summed E-state index contributed by atoms with van der Waals surface area (Å²) in [5, 5.41) is 0. The molecule has 0 radical (unpaired) electrons. The Morgan fingerprint density at radius 2 is 2.00 bits per heavy atom. The van der Waals surface area contributed by atoms with Gasteiger partial charge in [0.1, 0.15) is 0 Å². The molecule has 1 saturated carbocycles. The largest absolute Gasteiger partial charge is 0.381 e. The van der Waals surface area contributed by atoms with Gasteiger partial charge in [0.25, 0.3) is 0 Å². The van der Waals surface area contributed by atoms with E-state index in [0.29, 0.717) is 19.0 Å². The lowest BCUT2D eigenvalue weighted by Gasteiger charge is -2.19. The molecule has 3 atom stereocenters. The number of nitrogen functional groups attached to an aromatic ring is 1. The molecule has 1 aromatic heterocycles. The van der Waals surface area contributed by atoms with Gasteiger partial charge in [-0.05, 0) is 11.8 Å². The Morgan fingerprint density at radius 1 is 1.35 bits per heavy atom. The number of rotatable bonds is 2. The molecule has 1 aliphatic heterocycles. The Bertz CT molecular complexity index is 441. The van der Waals surface area contributed by atoms with E-state index in [9.17, 15) is 13.2 Å². The third-order valence-electron chi connectivity index (χ3n) is 3.59. The summed E-state index contributed by atoms with van der Waals surface area (Å²) in [6.45, 7) is 1.01. The molecule has 1 unspecified atom stereocenters. The lowest BCUT2D eigenvalue weighted by Crippen LogP contribution is -2.27. The van der Waals surface area contributed by atoms with Gasteiger partial charge in [-0.15, -0.1) is 0 Å². The Hall–Kier alpha value is -1.53. The first-order valence-electron chi connectivity index (χ1n) is 5.39. The van der Waals surface area contributed by atoms with Gasteiger partial charge >= 0.3 is 0 Å². The monoisotopic (exact) mass is 244 g/mol. The molecule has 17 heavy (non-hydrogen) atoms. The SMILES string of the molecule is Nc1nc(N2C[C@@H]3C(C(F)F)[C@@H]3C2)ncc1F. The molecule has 92 valence electrons. The molecule has 2 fully saturated rings. The molecule has 0 aromatic carbocycles. The fraction of sp³-hybridized carbons (Fsp3) is 0.600. The second-order valence-corrected chi connectivity index (χ2v) is 4.55. The highest BCUT2D eigenvalue weighted by molar-refractivity contribution is 5.41. The number of anilines is 2. The fourth-order valence-corrected chi connectivity index (χ4v) is 2.63. The van der Waals surface area contributed by atoms with Gasteiger partial charge in [0.05, 0.1) is 6.20 Å². The summed E-state index contributed by atoms with van der Waals surface area (Å²) in [5.41, 5.74) is 5.34. The van der Waals surface area contributed by atoms with Gasteiger partial charge in [-0.2, -0.15) is 4.98 Å². The van der Waals surface area contributed by atoms with Crippen molar-refractivity contribution in [1.29, 1.82) is 0 Å². The number of aromatic nitrogens is 2. The van der Waals surface area contributed by atoms with Crippen LogP contribution in [0.25, 0.3) is 0 Å². The van der Waals surface area contributed by atoms with E-state index in [1.807, 2.05) is 0 Å². The minimum atomic E-state index is -2.24. The second kappa shape index (κ2) is 3.48. The highest BCUT2D eigenvalue weighted by atomic mass is 19.3. The number of hydrogen-bond donors (Lipinski definition) is 1. The van der Waals surface area contributed by atoms with Crippen LogP contribution in [0.15, 0.2) is 6.20 Å². The Balaban J connectivity index is 1.71. The van der Waals surface area contributed by atoms with E-state index in [-0.39, 0.29) is 17.7 Å². The predicted molar refractivity (Wildman–Crippen MR) is 55.1 cm³/mol. The van der Waals surface area contributed by atoms with Gasteiger partial charge < -0.3 is 10.6 Å². The lowest BCUT2D eigenvalue weighted by atomic mass is 10.3. The van der Waals surface area contributed by atoms with Crippen LogP contribution in [0.1, 0.15) is 0 Å². The molecule has 2 N–H and O–H groups in total. The average Bonchev–Trinajstić information content (AvgIpc) is 2.79. The molecular weight excluding hydrogens is 233 g/mol. The third-order valence-corrected chi connectivity index (χ3v) is 3.59. The van der Waals surface area contributed by atoms with Gasteiger partial charge in [0, 0.05) is 19.0 Å². The molecule has 0 amide bonds. The van der Waals surface area contributed by atoms with Crippen LogP contribution in [0.4, 0.5) is 24.9 Å². The first-order valence-corrected chi connectivity index (χ1v) is 5.39. The van der Waals surface area contributed by atoms with Gasteiger partial charge in [0.2, 0.25) is 12.4 Å². The summed E-state index contributed by atoms with van der Waals surface area (Å²) < 4.78 is 37.8. The summed E-state index contributed by atoms with van der Waals surface area (Å²) in [5.74, 6) is -0.993. The number of alkyl halides is 2. The first-order chi connectivity index (χ1) is 8.08. The molecule has 3 rings (SSSR count). The van der Waals surface area contributed by atoms with E-state index in [1.165, 1.54) is 0 Å². The molecule has 0 spiro atoms. The van der Waals surface area contributed by atoms with Crippen molar-refractivity contribution >= 4 is 11.8 Å². The minimum Gasteiger partial charge on any atom is -0.381 e. The molecule has 0 bridgehead atoms. The van der Waals surface area contributed by atoms with Crippen LogP contribution in [-0.2, 0) is 0 Å². The number of halogens is 3. The highest BCUT2D eigenvalue weighted by Gasteiger charge is 2.60. The summed E-state index contributed by atoms with van der Waals surface area (Å²) >= 11 is 0. The molecule has 1 saturated heterocycles. The highest BCUT2D eigenvalue weighted by Crippen LogP contribution is 2.54. The van der Waals surface area contributed by atoms with Gasteiger partial charge in [-0.25, -0.2) is 18.2 Å². The minimum absolute atomic E-state index is 0.0184.